The van der Waals surface area contributed by atoms with E-state index in [0.29, 0.717) is 0 Å². The van der Waals surface area contributed by atoms with Crippen molar-refractivity contribution in [3.63, 3.8) is 0 Å². The molecule has 0 radical (unpaired) electrons. The summed E-state index contributed by atoms with van der Waals surface area (Å²) in [5.41, 5.74) is 3.88. The van der Waals surface area contributed by atoms with Gasteiger partial charge in [-0.2, -0.15) is 0 Å². The first-order valence-electron chi connectivity index (χ1n) is 8.39. The molecule has 1 saturated carbocycles. The Kier molecular flexibility index (Phi) is 3.53. The van der Waals surface area contributed by atoms with Gasteiger partial charge in [0.15, 0.2) is 0 Å². The molecule has 1 N–H and O–H groups in total. The second-order valence-electron chi connectivity index (χ2n) is 6.82. The number of hydrogen-bond acceptors (Lipinski definition) is 4. The molecule has 0 amide bonds. The lowest BCUT2D eigenvalue weighted by Crippen LogP contribution is -2.33. The molecule has 1 aliphatic carbocycles. The van der Waals surface area contributed by atoms with Gasteiger partial charge in [0.2, 0.25) is 0 Å². The first-order valence-corrected chi connectivity index (χ1v) is 8.39. The summed E-state index contributed by atoms with van der Waals surface area (Å²) in [5, 5.41) is 21.3. The first-order chi connectivity index (χ1) is 11.5. The van der Waals surface area contributed by atoms with Crippen LogP contribution in [-0.2, 0) is 18.6 Å². The van der Waals surface area contributed by atoms with E-state index in [0.717, 1.165) is 55.6 Å². The average Bonchev–Trinajstić information content (AvgIpc) is 2.95. The van der Waals surface area contributed by atoms with Crippen LogP contribution in [-0.4, -0.2) is 16.6 Å². The van der Waals surface area contributed by atoms with Crippen molar-refractivity contribution in [2.75, 3.05) is 11.4 Å². The molecule has 4 rings (SSSR count). The number of hydrogen-bond donors (Lipinski definition) is 1. The van der Waals surface area contributed by atoms with Crippen molar-refractivity contribution in [1.29, 1.82) is 0 Å². The van der Waals surface area contributed by atoms with Crippen LogP contribution in [0.1, 0.15) is 36.0 Å². The number of nitrogens with zero attached hydrogens (tertiary/aromatic N) is 2. The minimum atomic E-state index is -0.613. The molecule has 2 aromatic rings. The molecule has 2 aromatic carbocycles. The van der Waals surface area contributed by atoms with Crippen molar-refractivity contribution >= 4 is 11.4 Å². The predicted molar refractivity (Wildman–Crippen MR) is 92.0 cm³/mol. The highest BCUT2D eigenvalue weighted by molar-refractivity contribution is 5.61. The molecular weight excluding hydrogens is 304 g/mol. The summed E-state index contributed by atoms with van der Waals surface area (Å²) < 4.78 is 0. The van der Waals surface area contributed by atoms with Gasteiger partial charge < -0.3 is 10.0 Å². The summed E-state index contributed by atoms with van der Waals surface area (Å²) in [4.78, 5) is 12.8. The molecule has 1 fully saturated rings. The van der Waals surface area contributed by atoms with Gasteiger partial charge in [-0.1, -0.05) is 24.3 Å². The monoisotopic (exact) mass is 324 g/mol. The van der Waals surface area contributed by atoms with Gasteiger partial charge in [0.25, 0.3) is 5.69 Å². The summed E-state index contributed by atoms with van der Waals surface area (Å²) in [7, 11) is 0. The van der Waals surface area contributed by atoms with Crippen LogP contribution in [0.3, 0.4) is 0 Å². The normalized spacial score (nSPS) is 18.1. The fourth-order valence-electron chi connectivity index (χ4n) is 3.68. The SMILES string of the molecule is O=[N+]([O-])c1ccc2c(c1)CCN2Cc1ccc(C2(O)CCC2)cc1. The Bertz CT molecular complexity index is 782. The van der Waals surface area contributed by atoms with Crippen LogP contribution in [0.5, 0.6) is 0 Å². The van der Waals surface area contributed by atoms with Crippen molar-refractivity contribution in [3.8, 4) is 0 Å². The Morgan fingerprint density at radius 3 is 2.54 bits per heavy atom. The number of fused-ring (bicyclic) bond motifs is 1. The highest BCUT2D eigenvalue weighted by Gasteiger charge is 2.35. The smallest absolute Gasteiger partial charge is 0.269 e. The van der Waals surface area contributed by atoms with E-state index in [9.17, 15) is 15.2 Å². The molecule has 0 bridgehead atoms. The van der Waals surface area contributed by atoms with E-state index < -0.39 is 5.60 Å². The van der Waals surface area contributed by atoms with E-state index in [1.165, 1.54) is 5.56 Å². The second kappa shape index (κ2) is 5.60. The summed E-state index contributed by atoms with van der Waals surface area (Å²) >= 11 is 0. The van der Waals surface area contributed by atoms with Gasteiger partial charge in [0.05, 0.1) is 10.5 Å². The summed E-state index contributed by atoms with van der Waals surface area (Å²) in [6, 6.07) is 13.3. The quantitative estimate of drug-likeness (QED) is 0.690. The molecular formula is C19H20N2O3. The molecule has 0 saturated heterocycles. The van der Waals surface area contributed by atoms with Crippen LogP contribution in [0.2, 0.25) is 0 Å². The fourth-order valence-corrected chi connectivity index (χ4v) is 3.68. The summed E-state index contributed by atoms with van der Waals surface area (Å²) in [6.45, 7) is 1.66. The standard InChI is InChI=1S/C19H20N2O3/c22-19(9-1-10-19)16-4-2-14(3-5-16)13-20-11-8-15-12-17(21(23)24)6-7-18(15)20/h2-7,12,22H,1,8-11,13H2. The molecule has 124 valence electrons. The third-order valence-electron chi connectivity index (χ3n) is 5.31. The number of aliphatic hydroxyl groups is 1. The lowest BCUT2D eigenvalue weighted by atomic mass is 9.75. The summed E-state index contributed by atoms with van der Waals surface area (Å²) in [5.74, 6) is 0. The zero-order chi connectivity index (χ0) is 16.7. The zero-order valence-electron chi connectivity index (χ0n) is 13.4. The van der Waals surface area contributed by atoms with Crippen molar-refractivity contribution < 1.29 is 10.0 Å². The minimum absolute atomic E-state index is 0.161. The van der Waals surface area contributed by atoms with Crippen LogP contribution >= 0.6 is 0 Å². The third-order valence-corrected chi connectivity index (χ3v) is 5.31. The van der Waals surface area contributed by atoms with Crippen molar-refractivity contribution in [2.24, 2.45) is 0 Å². The van der Waals surface area contributed by atoms with Crippen LogP contribution in [0, 0.1) is 10.1 Å². The highest BCUT2D eigenvalue weighted by Crippen LogP contribution is 2.41. The predicted octanol–water partition coefficient (Wildman–Crippen LogP) is 3.53. The van der Waals surface area contributed by atoms with E-state index in [-0.39, 0.29) is 10.6 Å². The highest BCUT2D eigenvalue weighted by atomic mass is 16.6. The number of benzene rings is 2. The molecule has 0 unspecified atom stereocenters. The molecule has 2 aliphatic rings. The van der Waals surface area contributed by atoms with Crippen LogP contribution < -0.4 is 4.90 Å². The lowest BCUT2D eigenvalue weighted by Gasteiger charge is -2.37. The maximum absolute atomic E-state index is 10.9. The molecule has 5 nitrogen and oxygen atoms in total. The molecule has 0 aromatic heterocycles. The third kappa shape index (κ3) is 2.55. The lowest BCUT2D eigenvalue weighted by molar-refractivity contribution is -0.384. The number of anilines is 1. The molecule has 24 heavy (non-hydrogen) atoms. The first kappa shape index (κ1) is 15.1. The second-order valence-corrected chi connectivity index (χ2v) is 6.82. The number of nitro groups is 1. The van der Waals surface area contributed by atoms with E-state index in [1.807, 2.05) is 18.2 Å². The largest absolute Gasteiger partial charge is 0.385 e. The van der Waals surface area contributed by atoms with Gasteiger partial charge in [-0.25, -0.2) is 0 Å². The molecule has 1 aliphatic heterocycles. The van der Waals surface area contributed by atoms with Gasteiger partial charge in [-0.3, -0.25) is 10.1 Å². The fraction of sp³-hybridized carbons (Fsp3) is 0.368. The molecule has 0 atom stereocenters. The van der Waals surface area contributed by atoms with Gasteiger partial charge in [0, 0.05) is 30.9 Å². The molecule has 0 spiro atoms. The van der Waals surface area contributed by atoms with E-state index in [1.54, 1.807) is 12.1 Å². The van der Waals surface area contributed by atoms with Crippen molar-refractivity contribution in [2.45, 2.75) is 37.8 Å². The minimum Gasteiger partial charge on any atom is -0.385 e. The van der Waals surface area contributed by atoms with Crippen molar-refractivity contribution in [3.05, 3.63) is 69.3 Å². The molecule has 5 heteroatoms. The maximum Gasteiger partial charge on any atom is 0.269 e. The van der Waals surface area contributed by atoms with E-state index in [2.05, 4.69) is 17.0 Å². The Hall–Kier alpha value is -2.40. The summed E-state index contributed by atoms with van der Waals surface area (Å²) in [6.07, 6.45) is 3.64. The van der Waals surface area contributed by atoms with Crippen molar-refractivity contribution in [1.82, 2.24) is 0 Å². The zero-order valence-corrected chi connectivity index (χ0v) is 13.4. The van der Waals surface area contributed by atoms with Gasteiger partial charge in [0.1, 0.15) is 0 Å². The van der Waals surface area contributed by atoms with Gasteiger partial charge in [-0.15, -0.1) is 0 Å². The molecule has 1 heterocycles. The number of rotatable bonds is 4. The number of nitro benzene ring substituents is 1. The Morgan fingerprint density at radius 2 is 1.92 bits per heavy atom. The van der Waals surface area contributed by atoms with Gasteiger partial charge in [-0.05, 0) is 48.4 Å². The van der Waals surface area contributed by atoms with Crippen LogP contribution in [0.25, 0.3) is 0 Å². The van der Waals surface area contributed by atoms with E-state index >= 15 is 0 Å². The Balaban J connectivity index is 1.50. The average molecular weight is 324 g/mol. The maximum atomic E-state index is 10.9. The topological polar surface area (TPSA) is 66.6 Å². The Morgan fingerprint density at radius 1 is 1.17 bits per heavy atom. The van der Waals surface area contributed by atoms with Crippen LogP contribution in [0.4, 0.5) is 11.4 Å². The van der Waals surface area contributed by atoms with Gasteiger partial charge >= 0.3 is 0 Å². The van der Waals surface area contributed by atoms with E-state index in [4.69, 9.17) is 0 Å². The van der Waals surface area contributed by atoms with Crippen LogP contribution in [0.15, 0.2) is 42.5 Å². The number of non-ortho nitro benzene ring substituents is 1. The Labute approximate surface area is 140 Å².